The maximum absolute atomic E-state index is 13.4. The number of amides is 2. The Morgan fingerprint density at radius 2 is 1.64 bits per heavy atom. The first-order valence-corrected chi connectivity index (χ1v) is 14.4. The number of piperidine rings is 1. The second-order valence-corrected chi connectivity index (χ2v) is 11.9. The number of rotatable bonds is 8. The number of carbonyl (C=O) groups excluding carboxylic acids is 2. The summed E-state index contributed by atoms with van der Waals surface area (Å²) >= 11 is 3.49. The Morgan fingerprint density at radius 1 is 0.972 bits per heavy atom. The zero-order chi connectivity index (χ0) is 25.0. The first-order chi connectivity index (χ1) is 17.5. The molecule has 0 radical (unpaired) electrons. The summed E-state index contributed by atoms with van der Waals surface area (Å²) in [4.78, 5) is 30.9. The van der Waals surface area contributed by atoms with Gasteiger partial charge in [-0.15, -0.1) is 0 Å². The van der Waals surface area contributed by atoms with Crippen LogP contribution in [0.4, 0.5) is 0 Å². The van der Waals surface area contributed by atoms with E-state index in [1.807, 2.05) is 18.2 Å². The molecular weight excluding hydrogens is 514 g/mol. The molecule has 6 heteroatoms. The van der Waals surface area contributed by atoms with Gasteiger partial charge >= 0.3 is 0 Å². The zero-order valence-electron chi connectivity index (χ0n) is 21.1. The normalized spacial score (nSPS) is 21.2. The van der Waals surface area contributed by atoms with E-state index in [-0.39, 0.29) is 23.3 Å². The third kappa shape index (κ3) is 5.86. The third-order valence-corrected chi connectivity index (χ3v) is 9.21. The van der Waals surface area contributed by atoms with Gasteiger partial charge in [0.05, 0.1) is 11.5 Å². The van der Waals surface area contributed by atoms with E-state index in [0.29, 0.717) is 12.5 Å². The molecule has 1 N–H and O–H groups in total. The molecule has 2 amide bonds. The summed E-state index contributed by atoms with van der Waals surface area (Å²) in [6.07, 6.45) is 8.13. The number of nitrogens with one attached hydrogen (secondary N) is 1. The Kier molecular flexibility index (Phi) is 8.12. The van der Waals surface area contributed by atoms with Crippen LogP contribution >= 0.6 is 15.9 Å². The summed E-state index contributed by atoms with van der Waals surface area (Å²) in [6, 6.07) is 18.7. The minimum absolute atomic E-state index is 0.0460. The molecule has 1 saturated carbocycles. The van der Waals surface area contributed by atoms with Crippen molar-refractivity contribution in [2.24, 2.45) is 11.3 Å². The van der Waals surface area contributed by atoms with Crippen molar-refractivity contribution in [2.75, 3.05) is 26.2 Å². The van der Waals surface area contributed by atoms with Gasteiger partial charge in [-0.1, -0.05) is 71.2 Å². The SMILES string of the molecule is O=C(N[C@@H](CCN1CCC2(CC1)CCN(Cc1ccc(Br)cc1)C2=O)c1ccccc1)C1CCCC1. The van der Waals surface area contributed by atoms with E-state index in [1.54, 1.807) is 0 Å². The minimum atomic E-state index is -0.179. The molecule has 1 aliphatic carbocycles. The highest BCUT2D eigenvalue weighted by molar-refractivity contribution is 9.10. The average molecular weight is 553 g/mol. The monoisotopic (exact) mass is 551 g/mol. The fraction of sp³-hybridized carbons (Fsp3) is 0.533. The van der Waals surface area contributed by atoms with Crippen LogP contribution in [-0.4, -0.2) is 47.8 Å². The molecule has 2 saturated heterocycles. The molecule has 2 aromatic carbocycles. The largest absolute Gasteiger partial charge is 0.349 e. The molecule has 5 rings (SSSR count). The topological polar surface area (TPSA) is 52.7 Å². The minimum Gasteiger partial charge on any atom is -0.349 e. The summed E-state index contributed by atoms with van der Waals surface area (Å²) in [5.74, 6) is 0.747. The van der Waals surface area contributed by atoms with E-state index < -0.39 is 0 Å². The molecule has 2 aliphatic heterocycles. The lowest BCUT2D eigenvalue weighted by Gasteiger charge is -2.38. The van der Waals surface area contributed by atoms with Crippen LogP contribution < -0.4 is 5.32 Å². The van der Waals surface area contributed by atoms with Crippen LogP contribution in [0.1, 0.15) is 68.5 Å². The van der Waals surface area contributed by atoms with Gasteiger partial charge in [0.15, 0.2) is 0 Å². The molecule has 3 aliphatic rings. The van der Waals surface area contributed by atoms with Gasteiger partial charge in [-0.25, -0.2) is 0 Å². The highest BCUT2D eigenvalue weighted by Gasteiger charge is 2.47. The van der Waals surface area contributed by atoms with Crippen LogP contribution in [0.2, 0.25) is 0 Å². The molecular formula is C30H38BrN3O2. The Labute approximate surface area is 223 Å². The van der Waals surface area contributed by atoms with Gasteiger partial charge in [-0.3, -0.25) is 9.59 Å². The molecule has 1 spiro atoms. The highest BCUT2D eigenvalue weighted by atomic mass is 79.9. The van der Waals surface area contributed by atoms with Gasteiger partial charge in [0.2, 0.25) is 11.8 Å². The van der Waals surface area contributed by atoms with Crippen LogP contribution in [0.15, 0.2) is 59.1 Å². The van der Waals surface area contributed by atoms with E-state index in [2.05, 4.69) is 67.4 Å². The lowest BCUT2D eigenvalue weighted by atomic mass is 9.77. The van der Waals surface area contributed by atoms with E-state index in [1.165, 1.54) is 24.0 Å². The van der Waals surface area contributed by atoms with Crippen molar-refractivity contribution in [3.05, 3.63) is 70.2 Å². The summed E-state index contributed by atoms with van der Waals surface area (Å²) in [5.41, 5.74) is 2.20. The van der Waals surface area contributed by atoms with Crippen molar-refractivity contribution < 1.29 is 9.59 Å². The van der Waals surface area contributed by atoms with E-state index in [0.717, 1.165) is 69.2 Å². The van der Waals surface area contributed by atoms with Crippen molar-refractivity contribution in [2.45, 2.75) is 64.0 Å². The smallest absolute Gasteiger partial charge is 0.229 e. The lowest BCUT2D eigenvalue weighted by Crippen LogP contribution is -2.45. The third-order valence-electron chi connectivity index (χ3n) is 8.68. The Morgan fingerprint density at radius 3 is 2.33 bits per heavy atom. The van der Waals surface area contributed by atoms with Gasteiger partial charge < -0.3 is 15.1 Å². The van der Waals surface area contributed by atoms with Gasteiger partial charge in [-0.2, -0.15) is 0 Å². The predicted molar refractivity (Wildman–Crippen MR) is 146 cm³/mol. The van der Waals surface area contributed by atoms with Crippen LogP contribution in [0.25, 0.3) is 0 Å². The quantitative estimate of drug-likeness (QED) is 0.457. The van der Waals surface area contributed by atoms with Gasteiger partial charge in [-0.05, 0) is 74.9 Å². The average Bonchev–Trinajstić information content (AvgIpc) is 3.55. The molecule has 2 aromatic rings. The fourth-order valence-electron chi connectivity index (χ4n) is 6.32. The van der Waals surface area contributed by atoms with E-state index in [9.17, 15) is 9.59 Å². The molecule has 36 heavy (non-hydrogen) atoms. The zero-order valence-corrected chi connectivity index (χ0v) is 22.7. The van der Waals surface area contributed by atoms with Crippen molar-refractivity contribution in [1.29, 1.82) is 0 Å². The van der Waals surface area contributed by atoms with Crippen molar-refractivity contribution in [3.8, 4) is 0 Å². The number of nitrogens with zero attached hydrogens (tertiary/aromatic N) is 2. The van der Waals surface area contributed by atoms with Crippen molar-refractivity contribution >= 4 is 27.7 Å². The lowest BCUT2D eigenvalue weighted by molar-refractivity contribution is -0.139. The van der Waals surface area contributed by atoms with Crippen LogP contribution in [0.5, 0.6) is 0 Å². The van der Waals surface area contributed by atoms with Crippen molar-refractivity contribution in [3.63, 3.8) is 0 Å². The van der Waals surface area contributed by atoms with Crippen LogP contribution in [0.3, 0.4) is 0 Å². The van der Waals surface area contributed by atoms with Gasteiger partial charge in [0.1, 0.15) is 0 Å². The molecule has 192 valence electrons. The number of halogens is 1. The maximum atomic E-state index is 13.4. The first kappa shape index (κ1) is 25.5. The summed E-state index contributed by atoms with van der Waals surface area (Å²) in [6.45, 7) is 4.42. The summed E-state index contributed by atoms with van der Waals surface area (Å²) in [7, 11) is 0. The van der Waals surface area contributed by atoms with Gasteiger partial charge in [0.25, 0.3) is 0 Å². The van der Waals surface area contributed by atoms with Crippen LogP contribution in [-0.2, 0) is 16.1 Å². The van der Waals surface area contributed by atoms with Crippen molar-refractivity contribution in [1.82, 2.24) is 15.1 Å². The first-order valence-electron chi connectivity index (χ1n) is 13.6. The predicted octanol–water partition coefficient (Wildman–Crippen LogP) is 5.70. The molecule has 1 atom stereocenters. The molecule has 5 nitrogen and oxygen atoms in total. The molecule has 0 unspecified atom stereocenters. The number of hydrogen-bond donors (Lipinski definition) is 1. The summed E-state index contributed by atoms with van der Waals surface area (Å²) < 4.78 is 1.07. The van der Waals surface area contributed by atoms with Gasteiger partial charge in [0, 0.05) is 30.0 Å². The van der Waals surface area contributed by atoms with Crippen LogP contribution in [0, 0.1) is 11.3 Å². The Balaban J connectivity index is 1.14. The molecule has 3 fully saturated rings. The Hall–Kier alpha value is -2.18. The molecule has 2 heterocycles. The second-order valence-electron chi connectivity index (χ2n) is 11.0. The number of likely N-dealkylation sites (tertiary alicyclic amines) is 2. The number of carbonyl (C=O) groups is 2. The Bertz CT molecular complexity index is 1030. The molecule has 0 aromatic heterocycles. The summed E-state index contributed by atoms with van der Waals surface area (Å²) in [5, 5.41) is 3.37. The fourth-order valence-corrected chi connectivity index (χ4v) is 6.58. The highest BCUT2D eigenvalue weighted by Crippen LogP contribution is 2.42. The molecule has 0 bridgehead atoms. The number of hydrogen-bond acceptors (Lipinski definition) is 3. The standard InChI is InChI=1S/C30H38BrN3O2/c31-26-12-10-23(11-13-26)22-34-21-17-30(29(34)36)15-19-33(20-16-30)18-14-27(24-6-2-1-3-7-24)32-28(35)25-8-4-5-9-25/h1-3,6-7,10-13,25,27H,4-5,8-9,14-22H2,(H,32,35)/t27-/m0/s1. The second kappa shape index (κ2) is 11.5. The number of benzene rings is 2. The van der Waals surface area contributed by atoms with E-state index in [4.69, 9.17) is 0 Å². The van der Waals surface area contributed by atoms with E-state index >= 15 is 0 Å². The maximum Gasteiger partial charge on any atom is 0.229 e.